The molecule has 2 aromatic carbocycles. The Balaban J connectivity index is 1.64. The van der Waals surface area contributed by atoms with Gasteiger partial charge in [0, 0.05) is 29.7 Å². The summed E-state index contributed by atoms with van der Waals surface area (Å²) in [6.45, 7) is 1.25. The van der Waals surface area contributed by atoms with Crippen LogP contribution in [0.2, 0.25) is 0 Å². The SMILES string of the molecule is COc1cccc(CCNC(=O)CCNc2ccc(Br)cc2)c1. The van der Waals surface area contributed by atoms with Gasteiger partial charge in [0.05, 0.1) is 7.11 Å². The molecule has 0 radical (unpaired) electrons. The zero-order valence-electron chi connectivity index (χ0n) is 13.1. The van der Waals surface area contributed by atoms with Crippen molar-refractivity contribution in [3.63, 3.8) is 0 Å². The number of benzene rings is 2. The van der Waals surface area contributed by atoms with Crippen molar-refractivity contribution >= 4 is 27.5 Å². The van der Waals surface area contributed by atoms with Gasteiger partial charge in [-0.25, -0.2) is 0 Å². The standard InChI is InChI=1S/C18H21BrN2O2/c1-23-17-4-2-3-14(13-17)9-11-21-18(22)10-12-20-16-7-5-15(19)6-8-16/h2-8,13,20H,9-12H2,1H3,(H,21,22). The molecular formula is C18H21BrN2O2. The average molecular weight is 377 g/mol. The van der Waals surface area contributed by atoms with E-state index in [1.165, 1.54) is 0 Å². The van der Waals surface area contributed by atoms with Crippen LogP contribution in [0.1, 0.15) is 12.0 Å². The number of halogens is 1. The molecule has 1 amide bonds. The summed E-state index contributed by atoms with van der Waals surface area (Å²) in [4.78, 5) is 11.8. The summed E-state index contributed by atoms with van der Waals surface area (Å²) in [5.41, 5.74) is 2.16. The van der Waals surface area contributed by atoms with Crippen molar-refractivity contribution in [3.05, 3.63) is 58.6 Å². The number of methoxy groups -OCH3 is 1. The van der Waals surface area contributed by atoms with Gasteiger partial charge in [-0.05, 0) is 48.4 Å². The first-order chi connectivity index (χ1) is 11.2. The van der Waals surface area contributed by atoms with Crippen LogP contribution in [0.4, 0.5) is 5.69 Å². The molecular weight excluding hydrogens is 356 g/mol. The van der Waals surface area contributed by atoms with Crippen molar-refractivity contribution in [1.82, 2.24) is 5.32 Å². The molecule has 5 heteroatoms. The van der Waals surface area contributed by atoms with Crippen molar-refractivity contribution in [1.29, 1.82) is 0 Å². The Kier molecular flexibility index (Phi) is 6.94. The highest BCUT2D eigenvalue weighted by molar-refractivity contribution is 9.10. The average Bonchev–Trinajstić information content (AvgIpc) is 2.57. The summed E-state index contributed by atoms with van der Waals surface area (Å²) >= 11 is 3.39. The lowest BCUT2D eigenvalue weighted by atomic mass is 10.1. The number of amides is 1. The summed E-state index contributed by atoms with van der Waals surface area (Å²) in [5, 5.41) is 6.16. The molecule has 0 aliphatic heterocycles. The Bertz CT molecular complexity index is 629. The van der Waals surface area contributed by atoms with Gasteiger partial charge in [0.15, 0.2) is 0 Å². The van der Waals surface area contributed by atoms with Crippen molar-refractivity contribution in [3.8, 4) is 5.75 Å². The van der Waals surface area contributed by atoms with Crippen LogP contribution in [-0.4, -0.2) is 26.1 Å². The fraction of sp³-hybridized carbons (Fsp3) is 0.278. The van der Waals surface area contributed by atoms with Crippen LogP contribution in [0.15, 0.2) is 53.0 Å². The van der Waals surface area contributed by atoms with E-state index < -0.39 is 0 Å². The molecule has 2 N–H and O–H groups in total. The molecule has 0 fully saturated rings. The lowest BCUT2D eigenvalue weighted by molar-refractivity contribution is -0.120. The summed E-state index contributed by atoms with van der Waals surface area (Å²) in [6, 6.07) is 15.8. The minimum Gasteiger partial charge on any atom is -0.497 e. The number of rotatable bonds is 8. The Morgan fingerprint density at radius 2 is 1.91 bits per heavy atom. The minimum absolute atomic E-state index is 0.0532. The maximum absolute atomic E-state index is 11.8. The third-order valence-electron chi connectivity index (χ3n) is 3.40. The Morgan fingerprint density at radius 1 is 1.13 bits per heavy atom. The molecule has 122 valence electrons. The summed E-state index contributed by atoms with van der Waals surface area (Å²) in [5.74, 6) is 0.894. The van der Waals surface area contributed by atoms with Gasteiger partial charge >= 0.3 is 0 Å². The first kappa shape index (κ1) is 17.3. The van der Waals surface area contributed by atoms with Crippen molar-refractivity contribution in [2.45, 2.75) is 12.8 Å². The molecule has 2 rings (SSSR count). The predicted octanol–water partition coefficient (Wildman–Crippen LogP) is 3.62. The van der Waals surface area contributed by atoms with Gasteiger partial charge in [-0.1, -0.05) is 28.1 Å². The highest BCUT2D eigenvalue weighted by Crippen LogP contribution is 2.14. The topological polar surface area (TPSA) is 50.4 Å². The Morgan fingerprint density at radius 3 is 2.65 bits per heavy atom. The number of carbonyl (C=O) groups excluding carboxylic acids is 1. The van der Waals surface area contributed by atoms with Crippen molar-refractivity contribution in [2.24, 2.45) is 0 Å². The predicted molar refractivity (Wildman–Crippen MR) is 97.0 cm³/mol. The normalized spacial score (nSPS) is 10.2. The maximum atomic E-state index is 11.8. The molecule has 23 heavy (non-hydrogen) atoms. The van der Waals surface area contributed by atoms with Crippen LogP contribution in [0.3, 0.4) is 0 Å². The second-order valence-electron chi connectivity index (χ2n) is 5.14. The van der Waals surface area contributed by atoms with Crippen LogP contribution in [-0.2, 0) is 11.2 Å². The molecule has 0 saturated carbocycles. The van der Waals surface area contributed by atoms with Gasteiger partial charge in [0.1, 0.15) is 5.75 Å². The van der Waals surface area contributed by atoms with E-state index in [0.29, 0.717) is 19.5 Å². The van der Waals surface area contributed by atoms with Gasteiger partial charge in [-0.3, -0.25) is 4.79 Å². The van der Waals surface area contributed by atoms with Gasteiger partial charge in [-0.15, -0.1) is 0 Å². The van der Waals surface area contributed by atoms with E-state index in [2.05, 4.69) is 26.6 Å². The van der Waals surface area contributed by atoms with Crippen LogP contribution in [0.25, 0.3) is 0 Å². The molecule has 0 bridgehead atoms. The quantitative estimate of drug-likeness (QED) is 0.739. The first-order valence-corrected chi connectivity index (χ1v) is 8.36. The van der Waals surface area contributed by atoms with Crippen LogP contribution >= 0.6 is 15.9 Å². The molecule has 0 heterocycles. The number of hydrogen-bond donors (Lipinski definition) is 2. The zero-order chi connectivity index (χ0) is 16.5. The molecule has 0 aliphatic carbocycles. The molecule has 0 atom stereocenters. The van der Waals surface area contributed by atoms with Crippen LogP contribution < -0.4 is 15.4 Å². The number of ether oxygens (including phenoxy) is 1. The van der Waals surface area contributed by atoms with E-state index in [0.717, 1.165) is 27.9 Å². The highest BCUT2D eigenvalue weighted by atomic mass is 79.9. The molecule has 0 aliphatic rings. The summed E-state index contributed by atoms with van der Waals surface area (Å²) in [7, 11) is 1.65. The maximum Gasteiger partial charge on any atom is 0.221 e. The van der Waals surface area contributed by atoms with Gasteiger partial charge < -0.3 is 15.4 Å². The molecule has 0 unspecified atom stereocenters. The van der Waals surface area contributed by atoms with Gasteiger partial charge in [-0.2, -0.15) is 0 Å². The molecule has 4 nitrogen and oxygen atoms in total. The highest BCUT2D eigenvalue weighted by Gasteiger charge is 2.02. The number of anilines is 1. The fourth-order valence-corrected chi connectivity index (χ4v) is 2.42. The van der Waals surface area contributed by atoms with E-state index in [4.69, 9.17) is 4.74 Å². The molecule has 0 spiro atoms. The Labute approximate surface area is 145 Å². The number of carbonyl (C=O) groups is 1. The summed E-state index contributed by atoms with van der Waals surface area (Å²) < 4.78 is 6.23. The smallest absolute Gasteiger partial charge is 0.221 e. The second kappa shape index (κ2) is 9.20. The van der Waals surface area contributed by atoms with E-state index in [1.807, 2.05) is 48.5 Å². The van der Waals surface area contributed by atoms with Gasteiger partial charge in [0.25, 0.3) is 0 Å². The molecule has 0 aromatic heterocycles. The fourth-order valence-electron chi connectivity index (χ4n) is 2.15. The van der Waals surface area contributed by atoms with E-state index in [9.17, 15) is 4.79 Å². The third kappa shape index (κ3) is 6.32. The first-order valence-electron chi connectivity index (χ1n) is 7.56. The lowest BCUT2D eigenvalue weighted by Crippen LogP contribution is -2.27. The Hall–Kier alpha value is -2.01. The monoisotopic (exact) mass is 376 g/mol. The lowest BCUT2D eigenvalue weighted by Gasteiger charge is -2.08. The largest absolute Gasteiger partial charge is 0.497 e. The van der Waals surface area contributed by atoms with Crippen LogP contribution in [0.5, 0.6) is 5.75 Å². The second-order valence-corrected chi connectivity index (χ2v) is 6.05. The molecule has 2 aromatic rings. The van der Waals surface area contributed by atoms with Crippen molar-refractivity contribution < 1.29 is 9.53 Å². The van der Waals surface area contributed by atoms with E-state index >= 15 is 0 Å². The zero-order valence-corrected chi connectivity index (χ0v) is 14.7. The van der Waals surface area contributed by atoms with Crippen molar-refractivity contribution in [2.75, 3.05) is 25.5 Å². The van der Waals surface area contributed by atoms with Gasteiger partial charge in [0.2, 0.25) is 5.91 Å². The minimum atomic E-state index is 0.0532. The third-order valence-corrected chi connectivity index (χ3v) is 3.92. The molecule has 0 saturated heterocycles. The number of hydrogen-bond acceptors (Lipinski definition) is 3. The summed E-state index contributed by atoms with van der Waals surface area (Å²) in [6.07, 6.45) is 1.25. The van der Waals surface area contributed by atoms with E-state index in [-0.39, 0.29) is 5.91 Å². The number of nitrogens with one attached hydrogen (secondary N) is 2. The van der Waals surface area contributed by atoms with Crippen LogP contribution in [0, 0.1) is 0 Å². The van der Waals surface area contributed by atoms with E-state index in [1.54, 1.807) is 7.11 Å².